The van der Waals surface area contributed by atoms with Crippen LogP contribution in [0, 0.1) is 10.1 Å². The fourth-order valence-electron chi connectivity index (χ4n) is 1.69. The number of carbonyl (C=O) groups is 1. The second-order valence-electron chi connectivity index (χ2n) is 4.23. The summed E-state index contributed by atoms with van der Waals surface area (Å²) in [6, 6.07) is 1.36. The highest BCUT2D eigenvalue weighted by Gasteiger charge is 2.23. The number of alkyl halides is 1. The molecule has 6 nitrogen and oxygen atoms in total. The fraction of sp³-hybridized carbons (Fsp3) is 0.545. The molecule has 1 amide bonds. The van der Waals surface area contributed by atoms with Crippen molar-refractivity contribution in [3.8, 4) is 0 Å². The molecule has 0 unspecified atom stereocenters. The molecule has 0 aromatic carbocycles. The normalized spacial score (nSPS) is 10.7. The molecule has 0 bridgehead atoms. The van der Waals surface area contributed by atoms with E-state index >= 15 is 0 Å². The molecule has 0 N–H and O–H groups in total. The monoisotopic (exact) mass is 317 g/mol. The first kappa shape index (κ1) is 14.7. The minimum absolute atomic E-state index is 0.0454. The van der Waals surface area contributed by atoms with Crippen molar-refractivity contribution in [2.75, 3.05) is 11.9 Å². The predicted molar refractivity (Wildman–Crippen MR) is 72.0 cm³/mol. The number of nitrogens with zero attached hydrogens (tertiary/aromatic N) is 3. The van der Waals surface area contributed by atoms with Crippen LogP contribution in [0.15, 0.2) is 12.3 Å². The Morgan fingerprint density at radius 1 is 1.61 bits per heavy atom. The van der Waals surface area contributed by atoms with Gasteiger partial charge in [-0.15, -0.1) is 0 Å². The van der Waals surface area contributed by atoms with Crippen molar-refractivity contribution in [2.24, 2.45) is 7.05 Å². The number of amides is 1. The number of carbonyl (C=O) groups excluding carboxylic acids is 1. The van der Waals surface area contributed by atoms with Crippen LogP contribution in [0.4, 0.5) is 5.69 Å². The predicted octanol–water partition coefficient (Wildman–Crippen LogP) is 2.18. The number of aromatic nitrogens is 1. The topological polar surface area (TPSA) is 68.4 Å². The first-order valence-electron chi connectivity index (χ1n) is 5.56. The largest absolute Gasteiger partial charge is 0.340 e. The van der Waals surface area contributed by atoms with E-state index in [0.29, 0.717) is 17.6 Å². The van der Waals surface area contributed by atoms with Crippen molar-refractivity contribution in [3.63, 3.8) is 0 Å². The molecule has 0 saturated carbocycles. The maximum Gasteiger partial charge on any atom is 0.287 e. The van der Waals surface area contributed by atoms with Gasteiger partial charge in [0, 0.05) is 31.0 Å². The molecule has 0 spiro atoms. The molecule has 0 aliphatic carbocycles. The molecule has 0 aliphatic rings. The van der Waals surface area contributed by atoms with Crippen LogP contribution in [-0.2, 0) is 7.05 Å². The van der Waals surface area contributed by atoms with Gasteiger partial charge >= 0.3 is 0 Å². The molecule has 0 radical (unpaired) electrons. The van der Waals surface area contributed by atoms with Crippen molar-refractivity contribution in [3.05, 3.63) is 28.1 Å². The van der Waals surface area contributed by atoms with Crippen LogP contribution in [-0.4, -0.2) is 38.2 Å². The van der Waals surface area contributed by atoms with Gasteiger partial charge < -0.3 is 9.47 Å². The Bertz CT molecular complexity index is 456. The molecule has 7 heteroatoms. The summed E-state index contributed by atoms with van der Waals surface area (Å²) in [6.45, 7) is 4.39. The Kier molecular flexibility index (Phi) is 4.89. The van der Waals surface area contributed by atoms with Crippen molar-refractivity contribution in [2.45, 2.75) is 19.9 Å². The number of aryl methyl sites for hydroxylation is 1. The van der Waals surface area contributed by atoms with Crippen LogP contribution in [0.3, 0.4) is 0 Å². The smallest absolute Gasteiger partial charge is 0.287 e. The maximum atomic E-state index is 12.3. The number of hydrogen-bond acceptors (Lipinski definition) is 3. The molecule has 1 rings (SSSR count). The van der Waals surface area contributed by atoms with Crippen LogP contribution >= 0.6 is 15.9 Å². The molecular weight excluding hydrogens is 302 g/mol. The standard InChI is InChI=1S/C11H16BrN3O3/c1-8(2)14(5-4-12)11(16)10-6-9(15(17)18)7-13(10)3/h6-8H,4-5H2,1-3H3. The van der Waals surface area contributed by atoms with Crippen LogP contribution in [0.1, 0.15) is 24.3 Å². The molecule has 0 aliphatic heterocycles. The summed E-state index contributed by atoms with van der Waals surface area (Å²) in [6.07, 6.45) is 1.35. The summed E-state index contributed by atoms with van der Waals surface area (Å²) in [5.41, 5.74) is 0.264. The molecule has 18 heavy (non-hydrogen) atoms. The van der Waals surface area contributed by atoms with Gasteiger partial charge in [-0.3, -0.25) is 14.9 Å². The lowest BCUT2D eigenvalue weighted by molar-refractivity contribution is -0.384. The van der Waals surface area contributed by atoms with Crippen LogP contribution < -0.4 is 0 Å². The van der Waals surface area contributed by atoms with E-state index in [2.05, 4.69) is 15.9 Å². The van der Waals surface area contributed by atoms with Crippen molar-refractivity contribution in [1.82, 2.24) is 9.47 Å². The molecule has 1 aromatic rings. The van der Waals surface area contributed by atoms with Gasteiger partial charge in [0.2, 0.25) is 0 Å². The lowest BCUT2D eigenvalue weighted by Crippen LogP contribution is -2.39. The Balaban J connectivity index is 3.05. The summed E-state index contributed by atoms with van der Waals surface area (Å²) in [5.74, 6) is -0.194. The fourth-order valence-corrected chi connectivity index (χ4v) is 2.07. The molecular formula is C11H16BrN3O3. The lowest BCUT2D eigenvalue weighted by Gasteiger charge is -2.25. The third kappa shape index (κ3) is 3.10. The van der Waals surface area contributed by atoms with Gasteiger partial charge in [0.15, 0.2) is 0 Å². The number of halogens is 1. The lowest BCUT2D eigenvalue weighted by atomic mass is 10.2. The average Bonchev–Trinajstić information content (AvgIpc) is 2.67. The summed E-state index contributed by atoms with van der Waals surface area (Å²) in [5, 5.41) is 11.3. The van der Waals surface area contributed by atoms with Crippen LogP contribution in [0.25, 0.3) is 0 Å². The van der Waals surface area contributed by atoms with Crippen molar-refractivity contribution >= 4 is 27.5 Å². The van der Waals surface area contributed by atoms with Gasteiger partial charge in [-0.25, -0.2) is 0 Å². The summed E-state index contributed by atoms with van der Waals surface area (Å²) < 4.78 is 1.49. The van der Waals surface area contributed by atoms with Gasteiger partial charge in [0.1, 0.15) is 5.69 Å². The Labute approximate surface area is 114 Å². The minimum Gasteiger partial charge on any atom is -0.340 e. The third-order valence-corrected chi connectivity index (χ3v) is 2.98. The van der Waals surface area contributed by atoms with Gasteiger partial charge in [0.25, 0.3) is 11.6 Å². The van der Waals surface area contributed by atoms with E-state index in [4.69, 9.17) is 0 Å². The zero-order chi connectivity index (χ0) is 13.9. The zero-order valence-corrected chi connectivity index (χ0v) is 12.2. The molecule has 0 atom stereocenters. The Morgan fingerprint density at radius 2 is 2.22 bits per heavy atom. The summed E-state index contributed by atoms with van der Waals surface area (Å²) in [7, 11) is 1.63. The number of hydrogen-bond donors (Lipinski definition) is 0. The number of nitro groups is 1. The van der Waals surface area contributed by atoms with Gasteiger partial charge in [-0.2, -0.15) is 0 Å². The van der Waals surface area contributed by atoms with E-state index in [0.717, 1.165) is 0 Å². The average molecular weight is 318 g/mol. The second kappa shape index (κ2) is 5.99. The highest BCUT2D eigenvalue weighted by molar-refractivity contribution is 9.09. The SMILES string of the molecule is CC(C)N(CCBr)C(=O)c1cc([N+](=O)[O-])cn1C. The molecule has 0 saturated heterocycles. The second-order valence-corrected chi connectivity index (χ2v) is 5.03. The van der Waals surface area contributed by atoms with E-state index in [1.165, 1.54) is 16.8 Å². The van der Waals surface area contributed by atoms with Gasteiger partial charge in [0.05, 0.1) is 11.1 Å². The summed E-state index contributed by atoms with van der Waals surface area (Å²) >= 11 is 3.30. The van der Waals surface area contributed by atoms with Crippen LogP contribution in [0.2, 0.25) is 0 Å². The Morgan fingerprint density at radius 3 is 2.61 bits per heavy atom. The molecule has 100 valence electrons. The zero-order valence-electron chi connectivity index (χ0n) is 10.6. The van der Waals surface area contributed by atoms with E-state index in [1.807, 2.05) is 13.8 Å². The van der Waals surface area contributed by atoms with Gasteiger partial charge in [-0.1, -0.05) is 15.9 Å². The van der Waals surface area contributed by atoms with E-state index in [-0.39, 0.29) is 17.6 Å². The van der Waals surface area contributed by atoms with Crippen LogP contribution in [0.5, 0.6) is 0 Å². The molecule has 0 fully saturated rings. The van der Waals surface area contributed by atoms with E-state index in [9.17, 15) is 14.9 Å². The molecule has 1 heterocycles. The summed E-state index contributed by atoms with van der Waals surface area (Å²) in [4.78, 5) is 24.1. The van der Waals surface area contributed by atoms with Gasteiger partial charge in [-0.05, 0) is 13.8 Å². The highest BCUT2D eigenvalue weighted by atomic mass is 79.9. The third-order valence-electron chi connectivity index (χ3n) is 2.63. The van der Waals surface area contributed by atoms with E-state index < -0.39 is 4.92 Å². The first-order valence-corrected chi connectivity index (χ1v) is 6.68. The number of rotatable bonds is 5. The Hall–Kier alpha value is -1.37. The van der Waals surface area contributed by atoms with Crippen molar-refractivity contribution < 1.29 is 9.72 Å². The quantitative estimate of drug-likeness (QED) is 0.475. The minimum atomic E-state index is -0.499. The molecule has 1 aromatic heterocycles. The maximum absolute atomic E-state index is 12.3. The van der Waals surface area contributed by atoms with E-state index in [1.54, 1.807) is 11.9 Å². The highest BCUT2D eigenvalue weighted by Crippen LogP contribution is 2.17. The first-order chi connectivity index (χ1) is 8.38. The van der Waals surface area contributed by atoms with Crippen molar-refractivity contribution in [1.29, 1.82) is 0 Å².